The van der Waals surface area contributed by atoms with Crippen LogP contribution in [0.1, 0.15) is 81.1 Å². The topological polar surface area (TPSA) is 123 Å². The zero-order chi connectivity index (χ0) is 22.3. The van der Waals surface area contributed by atoms with Crippen molar-refractivity contribution in [3.8, 4) is 0 Å². The Morgan fingerprint density at radius 1 is 0.655 bits per heavy atom. The second-order valence-corrected chi connectivity index (χ2v) is 7.72. The van der Waals surface area contributed by atoms with Gasteiger partial charge in [0, 0.05) is 37.0 Å². The summed E-state index contributed by atoms with van der Waals surface area (Å²) in [7, 11) is 0. The normalized spacial score (nSPS) is 11.9. The van der Waals surface area contributed by atoms with Gasteiger partial charge in [-0.3, -0.25) is 19.6 Å². The summed E-state index contributed by atoms with van der Waals surface area (Å²) in [5, 5.41) is 23.4. The van der Waals surface area contributed by atoms with Gasteiger partial charge in [0.2, 0.25) is 0 Å². The number of hydrogen-bond donors (Lipinski definition) is 4. The first-order valence-corrected chi connectivity index (χ1v) is 9.93. The van der Waals surface area contributed by atoms with Crippen LogP contribution in [0.3, 0.4) is 0 Å². The van der Waals surface area contributed by atoms with Crippen molar-refractivity contribution in [1.82, 2.24) is 10.6 Å². The van der Waals surface area contributed by atoms with E-state index in [1.807, 2.05) is 55.4 Å². The predicted octanol–water partition coefficient (Wildman–Crippen LogP) is 1.86. The first-order valence-electron chi connectivity index (χ1n) is 9.93. The third-order valence-electron chi connectivity index (χ3n) is 2.89. The molecule has 0 rings (SSSR count). The third kappa shape index (κ3) is 26.4. The summed E-state index contributed by atoms with van der Waals surface area (Å²) in [5.41, 5.74) is 0. The summed E-state index contributed by atoms with van der Waals surface area (Å²) in [6.45, 7) is 15.9. The van der Waals surface area contributed by atoms with Gasteiger partial charge < -0.3 is 20.8 Å². The number of amidine groups is 2. The Balaban J connectivity index is -0.000000451. The van der Waals surface area contributed by atoms with E-state index in [0.717, 1.165) is 11.7 Å². The van der Waals surface area contributed by atoms with Crippen LogP contribution in [0.5, 0.6) is 0 Å². The molecular formula is C20H44GeN4O4. The van der Waals surface area contributed by atoms with Gasteiger partial charge in [-0.1, -0.05) is 0 Å². The van der Waals surface area contributed by atoms with Crippen LogP contribution in [-0.2, 0) is 9.59 Å². The van der Waals surface area contributed by atoms with E-state index in [2.05, 4.69) is 20.6 Å². The predicted molar refractivity (Wildman–Crippen MR) is 127 cm³/mol. The number of carboxylic acid groups (broad SMARTS) is 2. The number of aliphatic imine (C=N–C) groups is 2. The zero-order valence-corrected chi connectivity index (χ0v) is 18.7. The van der Waals surface area contributed by atoms with Gasteiger partial charge in [-0.05, 0) is 55.4 Å². The summed E-state index contributed by atoms with van der Waals surface area (Å²) < 4.78 is 0. The summed E-state index contributed by atoms with van der Waals surface area (Å²) in [4.78, 5) is 29.4. The molecular weight excluding hydrogens is 433 g/mol. The van der Waals surface area contributed by atoms with E-state index in [1.165, 1.54) is 0 Å². The van der Waals surface area contributed by atoms with Crippen LogP contribution in [0, 0.1) is 0 Å². The molecule has 0 bridgehead atoms. The van der Waals surface area contributed by atoms with Crippen molar-refractivity contribution in [3.63, 3.8) is 0 Å². The maximum absolute atomic E-state index is 10.4. The molecule has 172 valence electrons. The molecule has 0 heterocycles. The average molecular weight is 477 g/mol. The van der Waals surface area contributed by atoms with Crippen molar-refractivity contribution in [2.45, 2.75) is 105 Å². The number of hydrogen-bond acceptors (Lipinski definition) is 4. The molecule has 0 aliphatic heterocycles. The fraction of sp³-hybridized carbons (Fsp3) is 0.800. The van der Waals surface area contributed by atoms with Gasteiger partial charge in [0.25, 0.3) is 0 Å². The van der Waals surface area contributed by atoms with Gasteiger partial charge in [0.05, 0.1) is 24.5 Å². The van der Waals surface area contributed by atoms with E-state index in [-0.39, 0.29) is 42.5 Å². The first kappa shape index (κ1) is 32.1. The van der Waals surface area contributed by atoms with Gasteiger partial charge in [-0.2, -0.15) is 0 Å². The van der Waals surface area contributed by atoms with Gasteiger partial charge >= 0.3 is 29.5 Å². The molecule has 0 atom stereocenters. The number of nitrogens with zero attached hydrogens (tertiary/aromatic N) is 2. The first-order chi connectivity index (χ1) is 12.8. The van der Waals surface area contributed by atoms with Gasteiger partial charge in [0.15, 0.2) is 0 Å². The molecule has 0 aromatic heterocycles. The van der Waals surface area contributed by atoms with Crippen molar-refractivity contribution in [3.05, 3.63) is 0 Å². The zero-order valence-electron chi connectivity index (χ0n) is 18.7. The molecule has 29 heavy (non-hydrogen) atoms. The Hall–Kier alpha value is -1.58. The average Bonchev–Trinajstić information content (AvgIpc) is 2.48. The SMILES string of the molecule is CC(C)N=C(CCC(=O)O)NC(C)C.CC(C)N=C(CCC(=O)O)NC(C)C.[GeH4]. The van der Waals surface area contributed by atoms with Crippen LogP contribution >= 0.6 is 0 Å². The number of nitrogens with one attached hydrogen (secondary N) is 2. The van der Waals surface area contributed by atoms with E-state index >= 15 is 0 Å². The summed E-state index contributed by atoms with van der Waals surface area (Å²) in [6, 6.07) is 0.984. The van der Waals surface area contributed by atoms with Gasteiger partial charge in [-0.15, -0.1) is 0 Å². The molecule has 0 aromatic carbocycles. The van der Waals surface area contributed by atoms with Crippen LogP contribution in [0.15, 0.2) is 9.98 Å². The number of aliphatic carboxylic acids is 2. The number of carbonyl (C=O) groups is 2. The van der Waals surface area contributed by atoms with Gasteiger partial charge in [0.1, 0.15) is 0 Å². The summed E-state index contributed by atoms with van der Waals surface area (Å²) >= 11 is 0. The molecule has 0 unspecified atom stereocenters. The van der Waals surface area contributed by atoms with E-state index in [4.69, 9.17) is 10.2 Å². The van der Waals surface area contributed by atoms with Gasteiger partial charge in [-0.25, -0.2) is 0 Å². The Morgan fingerprint density at radius 2 is 0.931 bits per heavy atom. The van der Waals surface area contributed by atoms with Crippen molar-refractivity contribution < 1.29 is 19.8 Å². The van der Waals surface area contributed by atoms with Crippen LogP contribution in [0.4, 0.5) is 0 Å². The molecule has 0 aliphatic rings. The molecule has 0 aromatic rings. The molecule has 0 spiro atoms. The quantitative estimate of drug-likeness (QED) is 0.217. The monoisotopic (exact) mass is 478 g/mol. The molecule has 0 fully saturated rings. The molecule has 0 aliphatic carbocycles. The van der Waals surface area contributed by atoms with Crippen LogP contribution in [0.2, 0.25) is 0 Å². The third-order valence-corrected chi connectivity index (χ3v) is 2.89. The minimum atomic E-state index is -0.785. The second kappa shape index (κ2) is 18.5. The van der Waals surface area contributed by atoms with Crippen molar-refractivity contribution in [2.24, 2.45) is 9.98 Å². The van der Waals surface area contributed by atoms with Crippen molar-refractivity contribution in [2.75, 3.05) is 0 Å². The molecule has 8 nitrogen and oxygen atoms in total. The fourth-order valence-corrected chi connectivity index (χ4v) is 2.09. The number of rotatable bonds is 10. The Labute approximate surface area is 187 Å². The van der Waals surface area contributed by atoms with Crippen LogP contribution in [0.25, 0.3) is 0 Å². The van der Waals surface area contributed by atoms with Crippen molar-refractivity contribution >= 4 is 41.2 Å². The summed E-state index contributed by atoms with van der Waals surface area (Å²) in [5.74, 6) is 0.00817. The Bertz CT molecular complexity index is 473. The van der Waals surface area contributed by atoms with E-state index in [0.29, 0.717) is 24.9 Å². The van der Waals surface area contributed by atoms with Crippen molar-refractivity contribution in [1.29, 1.82) is 0 Å². The minimum absolute atomic E-state index is 0. The standard InChI is InChI=1S/2C10H20N2O2.GeH4/c2*1-7(2)11-9(12-8(3)4)5-6-10(13)14;/h2*7-8H,5-6H2,1-4H3,(H,11,12)(H,13,14);1H4. The molecule has 9 heteroatoms. The fourth-order valence-electron chi connectivity index (χ4n) is 2.09. The number of carboxylic acids is 2. The Morgan fingerprint density at radius 3 is 1.10 bits per heavy atom. The van der Waals surface area contributed by atoms with Crippen LogP contribution < -0.4 is 10.6 Å². The van der Waals surface area contributed by atoms with E-state index in [9.17, 15) is 9.59 Å². The Kier molecular flexibility index (Phi) is 20.4. The van der Waals surface area contributed by atoms with Crippen LogP contribution in [-0.4, -0.2) is 75.6 Å². The molecule has 0 radical (unpaired) electrons. The maximum atomic E-state index is 10.4. The molecule has 0 amide bonds. The second-order valence-electron chi connectivity index (χ2n) is 7.72. The van der Waals surface area contributed by atoms with E-state index in [1.54, 1.807) is 0 Å². The molecule has 0 saturated heterocycles. The molecule has 4 N–H and O–H groups in total. The van der Waals surface area contributed by atoms with E-state index < -0.39 is 11.9 Å². The molecule has 0 saturated carbocycles. The summed E-state index contributed by atoms with van der Waals surface area (Å²) in [6.07, 6.45) is 1.22.